The van der Waals surface area contributed by atoms with E-state index in [4.69, 9.17) is 16.9 Å². The summed E-state index contributed by atoms with van der Waals surface area (Å²) in [6, 6.07) is 6.38. The quantitative estimate of drug-likeness (QED) is 0.828. The molecule has 0 aliphatic rings. The number of aromatic nitrogens is 1. The molecule has 92 valence electrons. The molecule has 1 heterocycles. The summed E-state index contributed by atoms with van der Waals surface area (Å²) < 4.78 is 37.8. The lowest BCUT2D eigenvalue weighted by atomic mass is 10.1. The second kappa shape index (κ2) is 4.39. The summed E-state index contributed by atoms with van der Waals surface area (Å²) >= 11 is 5.87. The second-order valence-corrected chi connectivity index (χ2v) is 4.01. The Morgan fingerprint density at radius 1 is 1.22 bits per heavy atom. The molecule has 0 atom stereocenters. The highest BCUT2D eigenvalue weighted by molar-refractivity contribution is 6.33. The molecule has 2 rings (SSSR count). The molecule has 0 aliphatic carbocycles. The number of hydrogen-bond donors (Lipinski definition) is 1. The maximum atomic E-state index is 12.6. The van der Waals surface area contributed by atoms with Crippen LogP contribution in [0.4, 0.5) is 13.2 Å². The van der Waals surface area contributed by atoms with Gasteiger partial charge in [-0.05, 0) is 24.3 Å². The van der Waals surface area contributed by atoms with Crippen molar-refractivity contribution >= 4 is 11.6 Å². The van der Waals surface area contributed by atoms with Crippen molar-refractivity contribution in [1.82, 2.24) is 4.98 Å². The highest BCUT2D eigenvalue weighted by Gasteiger charge is 2.31. The highest BCUT2D eigenvalue weighted by atomic mass is 35.5. The number of benzene rings is 1. The van der Waals surface area contributed by atoms with Gasteiger partial charge in [-0.25, -0.2) is 0 Å². The van der Waals surface area contributed by atoms with E-state index in [1.807, 2.05) is 6.07 Å². The molecule has 0 aliphatic heterocycles. The van der Waals surface area contributed by atoms with E-state index in [0.29, 0.717) is 5.56 Å². The first-order valence-corrected chi connectivity index (χ1v) is 5.25. The summed E-state index contributed by atoms with van der Waals surface area (Å²) in [7, 11) is 0. The molecular formula is C12H6ClF3N2. The fraction of sp³-hybridized carbons (Fsp3) is 0.0833. The van der Waals surface area contributed by atoms with E-state index in [2.05, 4.69) is 4.98 Å². The van der Waals surface area contributed by atoms with Crippen molar-refractivity contribution in [2.24, 2.45) is 0 Å². The first-order chi connectivity index (χ1) is 8.41. The Balaban J connectivity index is 2.54. The van der Waals surface area contributed by atoms with Crippen molar-refractivity contribution in [3.63, 3.8) is 0 Å². The van der Waals surface area contributed by atoms with Crippen LogP contribution in [0, 0.1) is 11.3 Å². The van der Waals surface area contributed by atoms with E-state index in [1.165, 1.54) is 18.3 Å². The van der Waals surface area contributed by atoms with Crippen molar-refractivity contribution in [2.75, 3.05) is 0 Å². The molecule has 18 heavy (non-hydrogen) atoms. The Bertz CT molecular complexity index is 623. The Hall–Kier alpha value is -1.93. The molecule has 1 N–H and O–H groups in total. The first-order valence-electron chi connectivity index (χ1n) is 4.87. The molecule has 0 saturated heterocycles. The van der Waals surface area contributed by atoms with Gasteiger partial charge in [0.25, 0.3) is 0 Å². The Labute approximate surface area is 106 Å². The summed E-state index contributed by atoms with van der Waals surface area (Å²) in [5.41, 5.74) is 0.173. The van der Waals surface area contributed by atoms with Gasteiger partial charge in [0.15, 0.2) is 0 Å². The molecule has 0 radical (unpaired) electrons. The lowest BCUT2D eigenvalue weighted by molar-refractivity contribution is -0.137. The average molecular weight is 271 g/mol. The third kappa shape index (κ3) is 2.34. The number of hydrogen-bond acceptors (Lipinski definition) is 1. The maximum Gasteiger partial charge on any atom is 0.416 e. The zero-order chi connectivity index (χ0) is 13.3. The van der Waals surface area contributed by atoms with Gasteiger partial charge in [-0.1, -0.05) is 11.6 Å². The fourth-order valence-electron chi connectivity index (χ4n) is 1.54. The minimum Gasteiger partial charge on any atom is -0.352 e. The van der Waals surface area contributed by atoms with Crippen LogP contribution in [0.1, 0.15) is 11.3 Å². The summed E-state index contributed by atoms with van der Waals surface area (Å²) in [6.45, 7) is 0. The summed E-state index contributed by atoms with van der Waals surface area (Å²) in [5, 5.41) is 8.86. The maximum absolute atomic E-state index is 12.6. The van der Waals surface area contributed by atoms with Crippen LogP contribution in [0.5, 0.6) is 0 Å². The number of aromatic amines is 1. The van der Waals surface area contributed by atoms with Crippen molar-refractivity contribution in [3.8, 4) is 17.2 Å². The molecule has 0 fully saturated rings. The van der Waals surface area contributed by atoms with Gasteiger partial charge in [-0.2, -0.15) is 18.4 Å². The highest BCUT2D eigenvalue weighted by Crippen LogP contribution is 2.35. The number of alkyl halides is 3. The molecule has 2 aromatic rings. The van der Waals surface area contributed by atoms with Crippen LogP contribution in [-0.4, -0.2) is 4.98 Å². The first kappa shape index (κ1) is 12.5. The van der Waals surface area contributed by atoms with Crippen LogP contribution in [0.2, 0.25) is 5.02 Å². The third-order valence-corrected chi connectivity index (χ3v) is 2.74. The van der Waals surface area contributed by atoms with Crippen LogP contribution in [-0.2, 0) is 6.18 Å². The van der Waals surface area contributed by atoms with E-state index in [0.717, 1.165) is 12.1 Å². The van der Waals surface area contributed by atoms with Crippen molar-refractivity contribution in [1.29, 1.82) is 5.26 Å². The lowest BCUT2D eigenvalue weighted by Gasteiger charge is -2.09. The zero-order valence-corrected chi connectivity index (χ0v) is 9.60. The lowest BCUT2D eigenvalue weighted by Crippen LogP contribution is -2.04. The molecule has 1 aromatic heterocycles. The van der Waals surface area contributed by atoms with Crippen LogP contribution in [0.15, 0.2) is 30.5 Å². The predicted octanol–water partition coefficient (Wildman–Crippen LogP) is 4.23. The number of rotatable bonds is 1. The fourth-order valence-corrected chi connectivity index (χ4v) is 1.76. The molecule has 6 heteroatoms. The monoisotopic (exact) mass is 270 g/mol. The average Bonchev–Trinajstić information content (AvgIpc) is 2.76. The van der Waals surface area contributed by atoms with E-state index in [1.54, 1.807) is 0 Å². The summed E-state index contributed by atoms with van der Waals surface area (Å²) in [6.07, 6.45) is -2.98. The molecule has 1 aromatic carbocycles. The number of nitrogens with zero attached hydrogens (tertiary/aromatic N) is 1. The number of nitrogens with one attached hydrogen (secondary N) is 1. The van der Waals surface area contributed by atoms with Gasteiger partial charge in [0, 0.05) is 22.3 Å². The molecular weight excluding hydrogens is 265 g/mol. The largest absolute Gasteiger partial charge is 0.416 e. The van der Waals surface area contributed by atoms with Crippen molar-refractivity contribution < 1.29 is 13.2 Å². The molecule has 0 unspecified atom stereocenters. The Morgan fingerprint density at radius 3 is 2.50 bits per heavy atom. The van der Waals surface area contributed by atoms with Gasteiger partial charge >= 0.3 is 6.18 Å². The second-order valence-electron chi connectivity index (χ2n) is 3.61. The summed E-state index contributed by atoms with van der Waals surface area (Å²) in [5.74, 6) is 0. The summed E-state index contributed by atoms with van der Waals surface area (Å²) in [4.78, 5) is 2.64. The standard InChI is InChI=1S/C12H6ClF3N2/c13-11-2-1-8(12(14,15)16)4-10(11)7-3-9(5-17)18-6-7/h1-4,6,18H. The number of H-pyrrole nitrogens is 1. The zero-order valence-electron chi connectivity index (χ0n) is 8.85. The van der Waals surface area contributed by atoms with Crippen LogP contribution in [0.25, 0.3) is 11.1 Å². The van der Waals surface area contributed by atoms with Gasteiger partial charge in [0.1, 0.15) is 11.8 Å². The van der Waals surface area contributed by atoms with Crippen molar-refractivity contribution in [2.45, 2.75) is 6.18 Å². The smallest absolute Gasteiger partial charge is 0.352 e. The van der Waals surface area contributed by atoms with E-state index >= 15 is 0 Å². The van der Waals surface area contributed by atoms with E-state index < -0.39 is 11.7 Å². The molecule has 0 bridgehead atoms. The molecule has 0 spiro atoms. The van der Waals surface area contributed by atoms with E-state index in [9.17, 15) is 13.2 Å². The van der Waals surface area contributed by atoms with Gasteiger partial charge in [0.05, 0.1) is 5.56 Å². The molecule has 0 amide bonds. The predicted molar refractivity (Wildman–Crippen MR) is 61.0 cm³/mol. The minimum atomic E-state index is -4.42. The number of halogens is 4. The Kier molecular flexibility index (Phi) is 3.05. The van der Waals surface area contributed by atoms with Crippen LogP contribution in [0.3, 0.4) is 0 Å². The normalized spacial score (nSPS) is 11.3. The number of nitriles is 1. The van der Waals surface area contributed by atoms with E-state index in [-0.39, 0.29) is 16.3 Å². The Morgan fingerprint density at radius 2 is 1.94 bits per heavy atom. The third-order valence-electron chi connectivity index (χ3n) is 2.41. The van der Waals surface area contributed by atoms with Gasteiger partial charge in [-0.15, -0.1) is 0 Å². The SMILES string of the molecule is N#Cc1cc(-c2cc(C(F)(F)F)ccc2Cl)c[nH]1. The van der Waals surface area contributed by atoms with Crippen molar-refractivity contribution in [3.05, 3.63) is 46.7 Å². The van der Waals surface area contributed by atoms with Gasteiger partial charge < -0.3 is 4.98 Å². The van der Waals surface area contributed by atoms with Crippen LogP contribution < -0.4 is 0 Å². The van der Waals surface area contributed by atoms with Gasteiger partial charge in [-0.3, -0.25) is 0 Å². The topological polar surface area (TPSA) is 39.6 Å². The minimum absolute atomic E-state index is 0.200. The van der Waals surface area contributed by atoms with Crippen LogP contribution >= 0.6 is 11.6 Å². The van der Waals surface area contributed by atoms with Gasteiger partial charge in [0.2, 0.25) is 0 Å². The molecule has 2 nitrogen and oxygen atoms in total. The molecule has 0 saturated carbocycles.